The van der Waals surface area contributed by atoms with Crippen molar-refractivity contribution in [2.45, 2.75) is 39.2 Å². The fourth-order valence-corrected chi connectivity index (χ4v) is 2.67. The number of nitrogens with one attached hydrogen (secondary N) is 2. The minimum atomic E-state index is 0.631. The molecule has 1 aromatic carbocycles. The van der Waals surface area contributed by atoms with Gasteiger partial charge in [0.1, 0.15) is 5.75 Å². The zero-order chi connectivity index (χ0) is 13.7. The molecule has 1 saturated heterocycles. The molecule has 1 aliphatic heterocycles. The topological polar surface area (TPSA) is 33.3 Å². The first-order valence-electron chi connectivity index (χ1n) is 7.29. The zero-order valence-corrected chi connectivity index (χ0v) is 12.4. The highest BCUT2D eigenvalue weighted by molar-refractivity contribution is 5.41. The van der Waals surface area contributed by atoms with E-state index >= 15 is 0 Å². The molecule has 1 fully saturated rings. The van der Waals surface area contributed by atoms with Crippen LogP contribution in [0.3, 0.4) is 0 Å². The molecule has 1 aromatic rings. The molecule has 0 bridgehead atoms. The fourth-order valence-electron chi connectivity index (χ4n) is 2.67. The van der Waals surface area contributed by atoms with Gasteiger partial charge in [0.25, 0.3) is 0 Å². The van der Waals surface area contributed by atoms with Gasteiger partial charge in [-0.3, -0.25) is 0 Å². The van der Waals surface area contributed by atoms with Gasteiger partial charge in [-0.25, -0.2) is 0 Å². The predicted octanol–water partition coefficient (Wildman–Crippen LogP) is 2.20. The Bertz CT molecular complexity index is 411. The van der Waals surface area contributed by atoms with Crippen molar-refractivity contribution in [2.24, 2.45) is 0 Å². The lowest BCUT2D eigenvalue weighted by Crippen LogP contribution is -2.43. The van der Waals surface area contributed by atoms with Gasteiger partial charge in [0.05, 0.1) is 7.11 Å². The van der Waals surface area contributed by atoms with Gasteiger partial charge in [0.2, 0.25) is 0 Å². The van der Waals surface area contributed by atoms with Crippen molar-refractivity contribution in [3.05, 3.63) is 28.8 Å². The molecule has 0 amide bonds. The lowest BCUT2D eigenvalue weighted by atomic mass is 10.0. The van der Waals surface area contributed by atoms with Crippen LogP contribution >= 0.6 is 0 Å². The van der Waals surface area contributed by atoms with E-state index in [9.17, 15) is 0 Å². The summed E-state index contributed by atoms with van der Waals surface area (Å²) in [6.45, 7) is 7.59. The molecule has 3 heteroatoms. The second-order valence-corrected chi connectivity index (χ2v) is 5.50. The van der Waals surface area contributed by atoms with Crippen molar-refractivity contribution in [3.63, 3.8) is 0 Å². The largest absolute Gasteiger partial charge is 0.496 e. The first-order chi connectivity index (χ1) is 9.20. The summed E-state index contributed by atoms with van der Waals surface area (Å²) in [6, 6.07) is 5.04. The molecular weight excluding hydrogens is 236 g/mol. The third-order valence-electron chi connectivity index (χ3n) is 4.02. The fraction of sp³-hybridized carbons (Fsp3) is 0.625. The Morgan fingerprint density at radius 3 is 2.79 bits per heavy atom. The SMILES string of the molecule is COc1cc(C)c(C)cc1CCNC1CCCNC1. The molecule has 1 unspecified atom stereocenters. The van der Waals surface area contributed by atoms with Gasteiger partial charge in [0.15, 0.2) is 0 Å². The highest BCUT2D eigenvalue weighted by Gasteiger charge is 2.12. The average Bonchev–Trinajstić information content (AvgIpc) is 2.43. The summed E-state index contributed by atoms with van der Waals surface area (Å²) in [4.78, 5) is 0. The van der Waals surface area contributed by atoms with Gasteiger partial charge >= 0.3 is 0 Å². The molecule has 0 radical (unpaired) electrons. The first kappa shape index (κ1) is 14.4. The van der Waals surface area contributed by atoms with Gasteiger partial charge < -0.3 is 15.4 Å². The smallest absolute Gasteiger partial charge is 0.122 e. The normalized spacial score (nSPS) is 19.4. The lowest BCUT2D eigenvalue weighted by molar-refractivity contribution is 0.387. The molecular formula is C16H26N2O. The molecule has 106 valence electrons. The Morgan fingerprint density at radius 2 is 2.11 bits per heavy atom. The van der Waals surface area contributed by atoms with E-state index in [1.165, 1.54) is 36.1 Å². The molecule has 0 aliphatic carbocycles. The molecule has 1 heterocycles. The van der Waals surface area contributed by atoms with E-state index in [0.717, 1.165) is 25.3 Å². The Balaban J connectivity index is 1.89. The van der Waals surface area contributed by atoms with Crippen molar-refractivity contribution in [1.82, 2.24) is 10.6 Å². The van der Waals surface area contributed by atoms with Crippen LogP contribution in [0, 0.1) is 13.8 Å². The summed E-state index contributed by atoms with van der Waals surface area (Å²) in [5.41, 5.74) is 3.95. The molecule has 2 N–H and O–H groups in total. The monoisotopic (exact) mass is 262 g/mol. The van der Waals surface area contributed by atoms with E-state index in [0.29, 0.717) is 6.04 Å². The number of piperidine rings is 1. The molecule has 0 spiro atoms. The van der Waals surface area contributed by atoms with E-state index in [2.05, 4.69) is 36.6 Å². The van der Waals surface area contributed by atoms with Crippen LogP contribution in [0.15, 0.2) is 12.1 Å². The average molecular weight is 262 g/mol. The Labute approximate surface area is 116 Å². The van der Waals surface area contributed by atoms with E-state index < -0.39 is 0 Å². The highest BCUT2D eigenvalue weighted by atomic mass is 16.5. The molecule has 3 nitrogen and oxygen atoms in total. The third-order valence-corrected chi connectivity index (χ3v) is 4.02. The maximum atomic E-state index is 5.48. The van der Waals surface area contributed by atoms with Gasteiger partial charge in [-0.1, -0.05) is 6.07 Å². The van der Waals surface area contributed by atoms with Gasteiger partial charge in [-0.15, -0.1) is 0 Å². The first-order valence-corrected chi connectivity index (χ1v) is 7.29. The van der Waals surface area contributed by atoms with Crippen LogP contribution in [0.25, 0.3) is 0 Å². The zero-order valence-electron chi connectivity index (χ0n) is 12.4. The minimum Gasteiger partial charge on any atom is -0.496 e. The highest BCUT2D eigenvalue weighted by Crippen LogP contribution is 2.23. The van der Waals surface area contributed by atoms with Crippen molar-refractivity contribution in [1.29, 1.82) is 0 Å². The molecule has 0 saturated carbocycles. The molecule has 1 aliphatic rings. The number of benzene rings is 1. The third kappa shape index (κ3) is 3.95. The maximum absolute atomic E-state index is 5.48. The molecule has 1 atom stereocenters. The Morgan fingerprint density at radius 1 is 1.32 bits per heavy atom. The predicted molar refractivity (Wildman–Crippen MR) is 80.1 cm³/mol. The van der Waals surface area contributed by atoms with Gasteiger partial charge in [0, 0.05) is 12.6 Å². The van der Waals surface area contributed by atoms with Crippen LogP contribution in [-0.2, 0) is 6.42 Å². The van der Waals surface area contributed by atoms with Crippen LogP contribution in [0.2, 0.25) is 0 Å². The van der Waals surface area contributed by atoms with Crippen LogP contribution < -0.4 is 15.4 Å². The Kier molecular flexibility index (Phi) is 5.23. The van der Waals surface area contributed by atoms with Gasteiger partial charge in [-0.05, 0) is 69.0 Å². The van der Waals surface area contributed by atoms with Crippen LogP contribution in [0.5, 0.6) is 5.75 Å². The van der Waals surface area contributed by atoms with Gasteiger partial charge in [-0.2, -0.15) is 0 Å². The van der Waals surface area contributed by atoms with Crippen LogP contribution in [-0.4, -0.2) is 32.8 Å². The minimum absolute atomic E-state index is 0.631. The summed E-state index contributed by atoms with van der Waals surface area (Å²) in [6.07, 6.45) is 3.60. The molecule has 19 heavy (non-hydrogen) atoms. The number of aryl methyl sites for hydroxylation is 2. The summed E-state index contributed by atoms with van der Waals surface area (Å²) >= 11 is 0. The second kappa shape index (κ2) is 6.92. The summed E-state index contributed by atoms with van der Waals surface area (Å²) < 4.78 is 5.48. The lowest BCUT2D eigenvalue weighted by Gasteiger charge is -2.24. The number of ether oxygens (including phenoxy) is 1. The number of rotatable bonds is 5. The Hall–Kier alpha value is -1.06. The number of hydrogen-bond donors (Lipinski definition) is 2. The quantitative estimate of drug-likeness (QED) is 0.853. The summed E-state index contributed by atoms with van der Waals surface area (Å²) in [5, 5.41) is 7.07. The van der Waals surface area contributed by atoms with E-state index in [1.54, 1.807) is 7.11 Å². The van der Waals surface area contributed by atoms with E-state index in [4.69, 9.17) is 4.74 Å². The molecule has 2 rings (SSSR count). The van der Waals surface area contributed by atoms with Crippen molar-refractivity contribution < 1.29 is 4.74 Å². The van der Waals surface area contributed by atoms with Crippen molar-refractivity contribution >= 4 is 0 Å². The van der Waals surface area contributed by atoms with Crippen LogP contribution in [0.4, 0.5) is 0 Å². The van der Waals surface area contributed by atoms with Crippen molar-refractivity contribution in [3.8, 4) is 5.75 Å². The summed E-state index contributed by atoms with van der Waals surface area (Å²) in [7, 11) is 1.76. The second-order valence-electron chi connectivity index (χ2n) is 5.50. The number of methoxy groups -OCH3 is 1. The standard InChI is InChI=1S/C16H26N2O/c1-12-9-14(16(19-3)10-13(12)2)6-8-18-15-5-4-7-17-11-15/h9-10,15,17-18H,4-8,11H2,1-3H3. The number of hydrogen-bond acceptors (Lipinski definition) is 3. The molecule has 0 aromatic heterocycles. The summed E-state index contributed by atoms with van der Waals surface area (Å²) in [5.74, 6) is 1.02. The van der Waals surface area contributed by atoms with E-state index in [1.807, 2.05) is 0 Å². The van der Waals surface area contributed by atoms with Crippen molar-refractivity contribution in [2.75, 3.05) is 26.7 Å². The van der Waals surface area contributed by atoms with Crippen LogP contribution in [0.1, 0.15) is 29.5 Å². The maximum Gasteiger partial charge on any atom is 0.122 e. The van der Waals surface area contributed by atoms with E-state index in [-0.39, 0.29) is 0 Å².